The third kappa shape index (κ3) is 0.789. The highest BCUT2D eigenvalue weighted by atomic mass is 16.6. The Morgan fingerprint density at radius 3 is 3.00 bits per heavy atom. The van der Waals surface area contributed by atoms with Crippen molar-refractivity contribution >= 4 is 0 Å². The Balaban J connectivity index is 2.02. The van der Waals surface area contributed by atoms with Gasteiger partial charge in [-0.3, -0.25) is 0 Å². The second-order valence-corrected chi connectivity index (χ2v) is 3.52. The van der Waals surface area contributed by atoms with Gasteiger partial charge in [0.2, 0.25) is 0 Å². The van der Waals surface area contributed by atoms with Crippen LogP contribution in [0.5, 0.6) is 0 Å². The zero-order valence-electron chi connectivity index (χ0n) is 6.59. The first-order chi connectivity index (χ1) is 4.76. The summed E-state index contributed by atoms with van der Waals surface area (Å²) in [6.07, 6.45) is 4.43. The minimum Gasteiger partial charge on any atom is -0.379 e. The molecular formula is C8H14O2. The molecule has 1 aliphatic carbocycles. The molecule has 2 heteroatoms. The van der Waals surface area contributed by atoms with E-state index in [0.717, 1.165) is 0 Å². The van der Waals surface area contributed by atoms with Gasteiger partial charge in [-0.05, 0) is 26.2 Å². The molecule has 1 aliphatic heterocycles. The van der Waals surface area contributed by atoms with Gasteiger partial charge in [0.1, 0.15) is 6.10 Å². The Morgan fingerprint density at radius 2 is 2.40 bits per heavy atom. The Kier molecular flexibility index (Phi) is 1.29. The molecule has 0 N–H and O–H groups in total. The maximum Gasteiger partial charge on any atom is 0.113 e. The highest BCUT2D eigenvalue weighted by Crippen LogP contribution is 2.48. The summed E-state index contributed by atoms with van der Waals surface area (Å²) < 4.78 is 10.8. The van der Waals surface area contributed by atoms with E-state index >= 15 is 0 Å². The largest absolute Gasteiger partial charge is 0.379 e. The van der Waals surface area contributed by atoms with Gasteiger partial charge in [-0.1, -0.05) is 0 Å². The molecule has 0 aromatic heterocycles. The predicted octanol–water partition coefficient (Wildman–Crippen LogP) is 1.34. The molecule has 1 saturated carbocycles. The molecule has 0 aromatic carbocycles. The Bertz CT molecular complexity index is 144. The molecule has 2 rings (SSSR count). The third-order valence-electron chi connectivity index (χ3n) is 2.74. The zero-order valence-corrected chi connectivity index (χ0v) is 6.59. The molecule has 3 atom stereocenters. The van der Waals surface area contributed by atoms with Gasteiger partial charge in [-0.25, -0.2) is 0 Å². The maximum atomic E-state index is 5.54. The van der Waals surface area contributed by atoms with Gasteiger partial charge in [-0.15, -0.1) is 0 Å². The minimum atomic E-state index is 0.193. The summed E-state index contributed by atoms with van der Waals surface area (Å²) in [5, 5.41) is 0. The summed E-state index contributed by atoms with van der Waals surface area (Å²) in [6.45, 7) is 2.18. The lowest BCUT2D eigenvalue weighted by Gasteiger charge is -2.19. The molecule has 0 aromatic rings. The summed E-state index contributed by atoms with van der Waals surface area (Å²) in [5.41, 5.74) is 0.193. The van der Waals surface area contributed by atoms with Crippen LogP contribution in [0.15, 0.2) is 0 Å². The summed E-state index contributed by atoms with van der Waals surface area (Å²) in [5.74, 6) is 0. The van der Waals surface area contributed by atoms with Crippen molar-refractivity contribution in [3.63, 3.8) is 0 Å². The van der Waals surface area contributed by atoms with Crippen LogP contribution in [-0.4, -0.2) is 24.9 Å². The fraction of sp³-hybridized carbons (Fsp3) is 1.00. The fourth-order valence-corrected chi connectivity index (χ4v) is 1.97. The van der Waals surface area contributed by atoms with E-state index in [0.29, 0.717) is 12.2 Å². The van der Waals surface area contributed by atoms with Crippen molar-refractivity contribution in [3.8, 4) is 0 Å². The quantitative estimate of drug-likeness (QED) is 0.515. The number of methoxy groups -OCH3 is 1. The van der Waals surface area contributed by atoms with Crippen LogP contribution in [0.2, 0.25) is 0 Å². The van der Waals surface area contributed by atoms with E-state index in [1.165, 1.54) is 19.3 Å². The molecule has 1 unspecified atom stereocenters. The summed E-state index contributed by atoms with van der Waals surface area (Å²) in [4.78, 5) is 0. The van der Waals surface area contributed by atoms with Crippen LogP contribution in [0, 0.1) is 0 Å². The zero-order chi connectivity index (χ0) is 7.19. The SMILES string of the molecule is COC1CCC[C@]2(C)O[C@@H]12. The molecular weight excluding hydrogens is 128 g/mol. The molecule has 0 bridgehead atoms. The molecule has 2 aliphatic rings. The van der Waals surface area contributed by atoms with Crippen molar-refractivity contribution in [1.29, 1.82) is 0 Å². The first kappa shape index (κ1) is 6.62. The predicted molar refractivity (Wildman–Crippen MR) is 37.9 cm³/mol. The molecule has 10 heavy (non-hydrogen) atoms. The lowest BCUT2D eigenvalue weighted by Crippen LogP contribution is -2.29. The van der Waals surface area contributed by atoms with Crippen molar-refractivity contribution in [2.75, 3.05) is 7.11 Å². The molecule has 1 saturated heterocycles. The van der Waals surface area contributed by atoms with Crippen LogP contribution in [0.3, 0.4) is 0 Å². The lowest BCUT2D eigenvalue weighted by molar-refractivity contribution is 0.0653. The smallest absolute Gasteiger partial charge is 0.113 e. The average molecular weight is 142 g/mol. The molecule has 58 valence electrons. The second kappa shape index (κ2) is 1.95. The Hall–Kier alpha value is -0.0800. The Morgan fingerprint density at radius 1 is 1.60 bits per heavy atom. The van der Waals surface area contributed by atoms with Gasteiger partial charge in [0.25, 0.3) is 0 Å². The molecule has 0 spiro atoms. The van der Waals surface area contributed by atoms with Crippen molar-refractivity contribution in [1.82, 2.24) is 0 Å². The molecule has 2 nitrogen and oxygen atoms in total. The van der Waals surface area contributed by atoms with Crippen LogP contribution in [0.1, 0.15) is 26.2 Å². The van der Waals surface area contributed by atoms with Crippen LogP contribution in [-0.2, 0) is 9.47 Å². The number of ether oxygens (including phenoxy) is 2. The number of hydrogen-bond donors (Lipinski definition) is 0. The Labute approximate surface area is 61.5 Å². The maximum absolute atomic E-state index is 5.54. The van der Waals surface area contributed by atoms with E-state index in [2.05, 4.69) is 6.92 Å². The monoisotopic (exact) mass is 142 g/mol. The highest BCUT2D eigenvalue weighted by molar-refractivity contribution is 5.06. The van der Waals surface area contributed by atoms with E-state index in [1.54, 1.807) is 7.11 Å². The topological polar surface area (TPSA) is 21.8 Å². The van der Waals surface area contributed by atoms with Crippen molar-refractivity contribution in [3.05, 3.63) is 0 Å². The normalized spacial score (nSPS) is 52.2. The lowest BCUT2D eigenvalue weighted by atomic mass is 9.89. The number of fused-ring (bicyclic) bond motifs is 1. The minimum absolute atomic E-state index is 0.193. The third-order valence-corrected chi connectivity index (χ3v) is 2.74. The van der Waals surface area contributed by atoms with Crippen molar-refractivity contribution < 1.29 is 9.47 Å². The van der Waals surface area contributed by atoms with Gasteiger partial charge >= 0.3 is 0 Å². The second-order valence-electron chi connectivity index (χ2n) is 3.52. The van der Waals surface area contributed by atoms with Crippen molar-refractivity contribution in [2.24, 2.45) is 0 Å². The van der Waals surface area contributed by atoms with E-state index < -0.39 is 0 Å². The van der Waals surface area contributed by atoms with Gasteiger partial charge in [0, 0.05) is 7.11 Å². The van der Waals surface area contributed by atoms with Gasteiger partial charge in [-0.2, -0.15) is 0 Å². The summed E-state index contributed by atoms with van der Waals surface area (Å²) >= 11 is 0. The van der Waals surface area contributed by atoms with Crippen LogP contribution in [0.4, 0.5) is 0 Å². The first-order valence-electron chi connectivity index (χ1n) is 3.97. The van der Waals surface area contributed by atoms with Crippen LogP contribution in [0.25, 0.3) is 0 Å². The molecule has 0 amide bonds. The molecule has 1 heterocycles. The number of hydrogen-bond acceptors (Lipinski definition) is 2. The van der Waals surface area contributed by atoms with Gasteiger partial charge in [0.05, 0.1) is 11.7 Å². The van der Waals surface area contributed by atoms with Crippen molar-refractivity contribution in [2.45, 2.75) is 44.0 Å². The first-order valence-corrected chi connectivity index (χ1v) is 3.97. The fourth-order valence-electron chi connectivity index (χ4n) is 1.97. The van der Waals surface area contributed by atoms with E-state index in [-0.39, 0.29) is 5.60 Å². The van der Waals surface area contributed by atoms with Crippen LogP contribution < -0.4 is 0 Å². The molecule has 0 radical (unpaired) electrons. The highest BCUT2D eigenvalue weighted by Gasteiger charge is 2.58. The van der Waals surface area contributed by atoms with Crippen LogP contribution >= 0.6 is 0 Å². The number of epoxide rings is 1. The summed E-state index contributed by atoms with van der Waals surface area (Å²) in [7, 11) is 1.78. The average Bonchev–Trinajstić information content (AvgIpc) is 2.59. The standard InChI is InChI=1S/C8H14O2/c1-8-5-3-4-6(9-2)7(8)10-8/h6-7H,3-5H2,1-2H3/t6?,7-,8-/m0/s1. The summed E-state index contributed by atoms with van der Waals surface area (Å²) in [6, 6.07) is 0. The number of rotatable bonds is 1. The van der Waals surface area contributed by atoms with Gasteiger partial charge in [0.15, 0.2) is 0 Å². The van der Waals surface area contributed by atoms with E-state index in [1.807, 2.05) is 0 Å². The van der Waals surface area contributed by atoms with Gasteiger partial charge < -0.3 is 9.47 Å². The van der Waals surface area contributed by atoms with E-state index in [4.69, 9.17) is 9.47 Å². The molecule has 2 fully saturated rings. The van der Waals surface area contributed by atoms with E-state index in [9.17, 15) is 0 Å².